The summed E-state index contributed by atoms with van der Waals surface area (Å²) in [7, 11) is 0. The lowest BCUT2D eigenvalue weighted by molar-refractivity contribution is -0.385. The predicted octanol–water partition coefficient (Wildman–Crippen LogP) is 2.79. The molecule has 0 heterocycles. The Bertz CT molecular complexity index is 451. The quantitative estimate of drug-likeness (QED) is 0.664. The van der Waals surface area contributed by atoms with E-state index in [1.165, 1.54) is 12.1 Å². The Balaban J connectivity index is 2.21. The van der Waals surface area contributed by atoms with Gasteiger partial charge in [0.2, 0.25) is 0 Å². The fourth-order valence-corrected chi connectivity index (χ4v) is 2.67. The second-order valence-electron chi connectivity index (χ2n) is 4.94. The van der Waals surface area contributed by atoms with Crippen LogP contribution in [0.5, 0.6) is 0 Å². The fraction of sp³-hybridized carbons (Fsp3) is 0.538. The SMILES string of the molecule is NC1CCCCC1Cc1cc(F)ccc1[N+](=O)[O-]. The van der Waals surface area contributed by atoms with E-state index < -0.39 is 10.7 Å². The van der Waals surface area contributed by atoms with E-state index in [1.807, 2.05) is 0 Å². The van der Waals surface area contributed by atoms with Gasteiger partial charge >= 0.3 is 0 Å². The molecule has 1 fully saturated rings. The molecule has 1 aromatic carbocycles. The van der Waals surface area contributed by atoms with Gasteiger partial charge in [-0.15, -0.1) is 0 Å². The number of rotatable bonds is 3. The molecule has 2 atom stereocenters. The number of nitrogens with two attached hydrogens (primary N) is 1. The molecule has 0 radical (unpaired) electrons. The molecule has 2 N–H and O–H groups in total. The Morgan fingerprint density at radius 3 is 2.78 bits per heavy atom. The van der Waals surface area contributed by atoms with Crippen LogP contribution >= 0.6 is 0 Å². The fourth-order valence-electron chi connectivity index (χ4n) is 2.67. The molecule has 4 nitrogen and oxygen atoms in total. The second kappa shape index (κ2) is 5.44. The molecule has 18 heavy (non-hydrogen) atoms. The van der Waals surface area contributed by atoms with Crippen LogP contribution in [0.4, 0.5) is 10.1 Å². The van der Waals surface area contributed by atoms with Crippen molar-refractivity contribution in [2.24, 2.45) is 11.7 Å². The third kappa shape index (κ3) is 2.85. The average molecular weight is 252 g/mol. The molecule has 2 unspecified atom stereocenters. The third-order valence-corrected chi connectivity index (χ3v) is 3.69. The van der Waals surface area contributed by atoms with Crippen LogP contribution in [0, 0.1) is 21.8 Å². The summed E-state index contributed by atoms with van der Waals surface area (Å²) in [6, 6.07) is 3.70. The Labute approximate surface area is 105 Å². The van der Waals surface area contributed by atoms with Gasteiger partial charge in [-0.05, 0) is 37.3 Å². The van der Waals surface area contributed by atoms with Crippen LogP contribution in [-0.4, -0.2) is 11.0 Å². The monoisotopic (exact) mass is 252 g/mol. The van der Waals surface area contributed by atoms with E-state index in [9.17, 15) is 14.5 Å². The molecular weight excluding hydrogens is 235 g/mol. The zero-order valence-corrected chi connectivity index (χ0v) is 10.1. The molecular formula is C13H17FN2O2. The lowest BCUT2D eigenvalue weighted by atomic mass is 9.81. The predicted molar refractivity (Wildman–Crippen MR) is 66.7 cm³/mol. The van der Waals surface area contributed by atoms with E-state index >= 15 is 0 Å². The Morgan fingerprint density at radius 1 is 1.39 bits per heavy atom. The summed E-state index contributed by atoms with van der Waals surface area (Å²) in [5, 5.41) is 10.9. The van der Waals surface area contributed by atoms with E-state index in [2.05, 4.69) is 0 Å². The molecule has 0 aliphatic heterocycles. The highest BCUT2D eigenvalue weighted by atomic mass is 19.1. The number of hydrogen-bond donors (Lipinski definition) is 1. The minimum atomic E-state index is -0.455. The molecule has 1 aromatic rings. The van der Waals surface area contributed by atoms with Gasteiger partial charge in [0, 0.05) is 17.7 Å². The smallest absolute Gasteiger partial charge is 0.272 e. The highest BCUT2D eigenvalue weighted by Gasteiger charge is 2.25. The van der Waals surface area contributed by atoms with Crippen LogP contribution in [0.15, 0.2) is 18.2 Å². The van der Waals surface area contributed by atoms with Gasteiger partial charge in [-0.25, -0.2) is 4.39 Å². The Hall–Kier alpha value is -1.49. The number of halogens is 1. The normalized spacial score (nSPS) is 23.9. The first-order chi connectivity index (χ1) is 8.58. The molecule has 0 spiro atoms. The molecule has 5 heteroatoms. The molecule has 1 aliphatic carbocycles. The van der Waals surface area contributed by atoms with E-state index in [1.54, 1.807) is 0 Å². The molecule has 0 bridgehead atoms. The number of hydrogen-bond acceptors (Lipinski definition) is 3. The topological polar surface area (TPSA) is 69.2 Å². The summed E-state index contributed by atoms with van der Waals surface area (Å²) < 4.78 is 13.2. The van der Waals surface area contributed by atoms with Crippen molar-refractivity contribution in [2.45, 2.75) is 38.1 Å². The number of nitro groups is 1. The van der Waals surface area contributed by atoms with Crippen molar-refractivity contribution < 1.29 is 9.31 Å². The van der Waals surface area contributed by atoms with Crippen molar-refractivity contribution in [2.75, 3.05) is 0 Å². The van der Waals surface area contributed by atoms with E-state index in [0.29, 0.717) is 12.0 Å². The minimum absolute atomic E-state index is 0.00539. The lowest BCUT2D eigenvalue weighted by Crippen LogP contribution is -2.34. The Kier molecular flexibility index (Phi) is 3.91. The zero-order chi connectivity index (χ0) is 13.1. The summed E-state index contributed by atoms with van der Waals surface area (Å²) >= 11 is 0. The van der Waals surface area contributed by atoms with Gasteiger partial charge in [-0.1, -0.05) is 12.8 Å². The maximum atomic E-state index is 13.2. The summed E-state index contributed by atoms with van der Waals surface area (Å²) in [4.78, 5) is 10.5. The number of nitro benzene ring substituents is 1. The van der Waals surface area contributed by atoms with Crippen LogP contribution < -0.4 is 5.73 Å². The van der Waals surface area contributed by atoms with Crippen molar-refractivity contribution in [1.82, 2.24) is 0 Å². The van der Waals surface area contributed by atoms with E-state index in [4.69, 9.17) is 5.73 Å². The van der Waals surface area contributed by atoms with Crippen LogP contribution in [0.2, 0.25) is 0 Å². The highest BCUT2D eigenvalue weighted by Crippen LogP contribution is 2.29. The van der Waals surface area contributed by atoms with Gasteiger partial charge in [0.05, 0.1) is 4.92 Å². The van der Waals surface area contributed by atoms with Gasteiger partial charge in [0.15, 0.2) is 0 Å². The van der Waals surface area contributed by atoms with Crippen LogP contribution in [0.1, 0.15) is 31.2 Å². The molecule has 0 saturated heterocycles. The third-order valence-electron chi connectivity index (χ3n) is 3.69. The van der Waals surface area contributed by atoms with Crippen molar-refractivity contribution in [3.05, 3.63) is 39.7 Å². The van der Waals surface area contributed by atoms with E-state index in [0.717, 1.165) is 31.7 Å². The first-order valence-corrected chi connectivity index (χ1v) is 6.26. The number of benzene rings is 1. The van der Waals surface area contributed by atoms with Gasteiger partial charge in [0.25, 0.3) is 5.69 Å². The second-order valence-corrected chi connectivity index (χ2v) is 4.94. The van der Waals surface area contributed by atoms with Gasteiger partial charge in [-0.3, -0.25) is 10.1 Å². The van der Waals surface area contributed by atoms with Gasteiger partial charge in [0.1, 0.15) is 5.82 Å². The van der Waals surface area contributed by atoms with Crippen molar-refractivity contribution >= 4 is 5.69 Å². The summed E-state index contributed by atoms with van der Waals surface area (Å²) in [6.07, 6.45) is 4.63. The molecule has 0 amide bonds. The van der Waals surface area contributed by atoms with Crippen molar-refractivity contribution in [1.29, 1.82) is 0 Å². The summed E-state index contributed by atoms with van der Waals surface area (Å²) in [5.41, 5.74) is 6.48. The summed E-state index contributed by atoms with van der Waals surface area (Å²) in [6.45, 7) is 0. The maximum Gasteiger partial charge on any atom is 0.272 e. The lowest BCUT2D eigenvalue weighted by Gasteiger charge is -2.28. The van der Waals surface area contributed by atoms with Crippen LogP contribution in [-0.2, 0) is 6.42 Å². The summed E-state index contributed by atoms with van der Waals surface area (Å²) in [5.74, 6) is -0.209. The molecule has 0 aromatic heterocycles. The standard InChI is InChI=1S/C13H17FN2O2/c14-11-5-6-13(16(17)18)10(8-11)7-9-3-1-2-4-12(9)15/h5-6,8-9,12H,1-4,7,15H2. The maximum absolute atomic E-state index is 13.2. The molecule has 1 aliphatic rings. The number of nitrogens with zero attached hydrogens (tertiary/aromatic N) is 1. The van der Waals surface area contributed by atoms with Crippen LogP contribution in [0.25, 0.3) is 0 Å². The van der Waals surface area contributed by atoms with Gasteiger partial charge in [-0.2, -0.15) is 0 Å². The Morgan fingerprint density at radius 2 is 2.11 bits per heavy atom. The van der Waals surface area contributed by atoms with Crippen LogP contribution in [0.3, 0.4) is 0 Å². The van der Waals surface area contributed by atoms with Crippen molar-refractivity contribution in [3.8, 4) is 0 Å². The largest absolute Gasteiger partial charge is 0.327 e. The molecule has 2 rings (SSSR count). The van der Waals surface area contributed by atoms with Crippen molar-refractivity contribution in [3.63, 3.8) is 0 Å². The van der Waals surface area contributed by atoms with Gasteiger partial charge < -0.3 is 5.73 Å². The first kappa shape index (κ1) is 13.0. The average Bonchev–Trinajstić information content (AvgIpc) is 2.32. The molecule has 98 valence electrons. The zero-order valence-electron chi connectivity index (χ0n) is 10.1. The molecule has 1 saturated carbocycles. The van der Waals surface area contributed by atoms with E-state index in [-0.39, 0.29) is 17.6 Å². The minimum Gasteiger partial charge on any atom is -0.327 e. The first-order valence-electron chi connectivity index (χ1n) is 6.26. The highest BCUT2D eigenvalue weighted by molar-refractivity contribution is 5.40.